The van der Waals surface area contributed by atoms with Crippen LogP contribution >= 0.6 is 11.6 Å². The second-order valence-electron chi connectivity index (χ2n) is 4.21. The third-order valence-electron chi connectivity index (χ3n) is 2.58. The van der Waals surface area contributed by atoms with Crippen molar-refractivity contribution in [2.45, 2.75) is 25.7 Å². The fraction of sp³-hybridized carbons (Fsp3) is 0.333. The lowest BCUT2D eigenvalue weighted by molar-refractivity contribution is -0.143. The molecule has 1 heterocycles. The number of aryl methyl sites for hydroxylation is 1. The SMILES string of the molecule is Cc1nc(C(O)c2ccccc2Cl)n(CC(F)(F)F)n1. The Bertz CT molecular complexity index is 612. The van der Waals surface area contributed by atoms with Gasteiger partial charge in [-0.2, -0.15) is 18.3 Å². The zero-order chi connectivity index (χ0) is 14.9. The minimum atomic E-state index is -4.45. The maximum absolute atomic E-state index is 12.5. The number of aliphatic hydroxyl groups excluding tert-OH is 1. The van der Waals surface area contributed by atoms with E-state index in [1.165, 1.54) is 19.1 Å². The second-order valence-corrected chi connectivity index (χ2v) is 4.62. The van der Waals surface area contributed by atoms with Crippen LogP contribution in [0.4, 0.5) is 13.2 Å². The van der Waals surface area contributed by atoms with E-state index in [9.17, 15) is 18.3 Å². The van der Waals surface area contributed by atoms with Gasteiger partial charge in [0, 0.05) is 10.6 Å². The summed E-state index contributed by atoms with van der Waals surface area (Å²) in [6, 6.07) is 6.35. The molecule has 0 aliphatic carbocycles. The Morgan fingerprint density at radius 1 is 1.35 bits per heavy atom. The highest BCUT2D eigenvalue weighted by atomic mass is 35.5. The van der Waals surface area contributed by atoms with Gasteiger partial charge in [-0.15, -0.1) is 0 Å². The summed E-state index contributed by atoms with van der Waals surface area (Å²) in [5.74, 6) is -0.0386. The van der Waals surface area contributed by atoms with Crippen molar-refractivity contribution < 1.29 is 18.3 Å². The highest BCUT2D eigenvalue weighted by molar-refractivity contribution is 6.31. The van der Waals surface area contributed by atoms with E-state index in [-0.39, 0.29) is 22.2 Å². The van der Waals surface area contributed by atoms with Crippen molar-refractivity contribution >= 4 is 11.6 Å². The Hall–Kier alpha value is -1.60. The Morgan fingerprint density at radius 2 is 2.00 bits per heavy atom. The van der Waals surface area contributed by atoms with Crippen LogP contribution in [0.1, 0.15) is 23.3 Å². The fourth-order valence-corrected chi connectivity index (χ4v) is 2.04. The molecule has 8 heteroatoms. The number of hydrogen-bond donors (Lipinski definition) is 1. The lowest BCUT2D eigenvalue weighted by Crippen LogP contribution is -2.22. The van der Waals surface area contributed by atoms with Gasteiger partial charge >= 0.3 is 6.18 Å². The van der Waals surface area contributed by atoms with E-state index in [2.05, 4.69) is 10.1 Å². The van der Waals surface area contributed by atoms with Gasteiger partial charge in [0.05, 0.1) is 0 Å². The molecular weight excluding hydrogens is 295 g/mol. The molecule has 1 unspecified atom stereocenters. The van der Waals surface area contributed by atoms with Crippen molar-refractivity contribution in [1.82, 2.24) is 14.8 Å². The van der Waals surface area contributed by atoms with Gasteiger partial charge in [0.25, 0.3) is 0 Å². The fourth-order valence-electron chi connectivity index (χ4n) is 1.80. The lowest BCUT2D eigenvalue weighted by Gasteiger charge is -2.14. The summed E-state index contributed by atoms with van der Waals surface area (Å²) in [4.78, 5) is 3.86. The van der Waals surface area contributed by atoms with Crippen molar-refractivity contribution in [2.24, 2.45) is 0 Å². The number of nitrogens with zero attached hydrogens (tertiary/aromatic N) is 3. The molecule has 108 valence electrons. The topological polar surface area (TPSA) is 50.9 Å². The van der Waals surface area contributed by atoms with Crippen LogP contribution in [0.15, 0.2) is 24.3 Å². The zero-order valence-electron chi connectivity index (χ0n) is 10.4. The third-order valence-corrected chi connectivity index (χ3v) is 2.92. The number of alkyl halides is 3. The lowest BCUT2D eigenvalue weighted by atomic mass is 10.1. The standard InChI is InChI=1S/C12H11ClF3N3O/c1-7-17-11(19(18-7)6-12(14,15)16)10(20)8-4-2-3-5-9(8)13/h2-5,10,20H,6H2,1H3. The Labute approximate surface area is 117 Å². The van der Waals surface area contributed by atoms with Crippen LogP contribution in [0, 0.1) is 6.92 Å². The molecule has 0 fully saturated rings. The van der Waals surface area contributed by atoms with Gasteiger partial charge in [-0.3, -0.25) is 0 Å². The molecule has 1 atom stereocenters. The Kier molecular flexibility index (Phi) is 4.01. The molecule has 0 saturated carbocycles. The summed E-state index contributed by atoms with van der Waals surface area (Å²) in [6.45, 7) is 0.139. The van der Waals surface area contributed by atoms with Gasteiger partial charge < -0.3 is 5.11 Å². The van der Waals surface area contributed by atoms with E-state index in [1.807, 2.05) is 0 Å². The first kappa shape index (κ1) is 14.8. The average molecular weight is 306 g/mol. The Balaban J connectivity index is 2.40. The molecule has 1 aromatic carbocycles. The first-order valence-corrected chi connectivity index (χ1v) is 6.06. The molecule has 0 amide bonds. The minimum absolute atomic E-state index is 0.148. The van der Waals surface area contributed by atoms with Crippen LogP contribution in [0.2, 0.25) is 5.02 Å². The quantitative estimate of drug-likeness (QED) is 0.948. The minimum Gasteiger partial charge on any atom is -0.380 e. The molecule has 0 bridgehead atoms. The molecule has 0 spiro atoms. The number of halogens is 4. The first-order chi connectivity index (χ1) is 9.28. The smallest absolute Gasteiger partial charge is 0.380 e. The molecule has 0 saturated heterocycles. The monoisotopic (exact) mass is 305 g/mol. The number of aromatic nitrogens is 3. The van der Waals surface area contributed by atoms with Crippen LogP contribution in [-0.2, 0) is 6.54 Å². The molecule has 0 aliphatic rings. The van der Waals surface area contributed by atoms with Crippen molar-refractivity contribution in [2.75, 3.05) is 0 Å². The Morgan fingerprint density at radius 3 is 2.60 bits per heavy atom. The normalized spacial score (nSPS) is 13.5. The van der Waals surface area contributed by atoms with Crippen molar-refractivity contribution in [3.63, 3.8) is 0 Å². The van der Waals surface area contributed by atoms with E-state index in [1.54, 1.807) is 12.1 Å². The summed E-state index contributed by atoms with van der Waals surface area (Å²) in [7, 11) is 0. The van der Waals surface area contributed by atoms with Crippen LogP contribution in [0.5, 0.6) is 0 Å². The summed E-state index contributed by atoms with van der Waals surface area (Å²) < 4.78 is 38.1. The molecule has 2 rings (SSSR count). The van der Waals surface area contributed by atoms with Crippen molar-refractivity contribution in [1.29, 1.82) is 0 Å². The number of benzene rings is 1. The van der Waals surface area contributed by atoms with E-state index in [0.29, 0.717) is 4.68 Å². The van der Waals surface area contributed by atoms with Gasteiger partial charge in [-0.1, -0.05) is 29.8 Å². The van der Waals surface area contributed by atoms with E-state index in [4.69, 9.17) is 11.6 Å². The van der Waals surface area contributed by atoms with Gasteiger partial charge in [-0.05, 0) is 13.0 Å². The molecule has 2 aromatic rings. The molecule has 20 heavy (non-hydrogen) atoms. The summed E-state index contributed by atoms with van der Waals surface area (Å²) >= 11 is 5.92. The first-order valence-electron chi connectivity index (χ1n) is 5.68. The maximum atomic E-state index is 12.5. The van der Waals surface area contributed by atoms with Crippen LogP contribution < -0.4 is 0 Å². The van der Waals surface area contributed by atoms with Gasteiger partial charge in [0.2, 0.25) is 0 Å². The van der Waals surface area contributed by atoms with Crippen LogP contribution in [0.25, 0.3) is 0 Å². The van der Waals surface area contributed by atoms with Gasteiger partial charge in [0.1, 0.15) is 18.5 Å². The molecular formula is C12H11ClF3N3O. The third kappa shape index (κ3) is 3.29. The summed E-state index contributed by atoms with van der Waals surface area (Å²) in [5, 5.41) is 14.1. The van der Waals surface area contributed by atoms with E-state index < -0.39 is 18.8 Å². The van der Waals surface area contributed by atoms with E-state index >= 15 is 0 Å². The van der Waals surface area contributed by atoms with Crippen LogP contribution in [-0.4, -0.2) is 26.0 Å². The zero-order valence-corrected chi connectivity index (χ0v) is 11.2. The number of aliphatic hydroxyl groups is 1. The highest BCUT2D eigenvalue weighted by Gasteiger charge is 2.32. The molecule has 1 aromatic heterocycles. The molecule has 4 nitrogen and oxygen atoms in total. The number of rotatable bonds is 3. The second kappa shape index (κ2) is 5.41. The highest BCUT2D eigenvalue weighted by Crippen LogP contribution is 2.28. The molecule has 0 aliphatic heterocycles. The number of hydrogen-bond acceptors (Lipinski definition) is 3. The van der Waals surface area contributed by atoms with Gasteiger partial charge in [0.15, 0.2) is 5.82 Å². The molecule has 0 radical (unpaired) electrons. The van der Waals surface area contributed by atoms with Gasteiger partial charge in [-0.25, -0.2) is 9.67 Å². The van der Waals surface area contributed by atoms with Crippen molar-refractivity contribution in [3.8, 4) is 0 Å². The summed E-state index contributed by atoms with van der Waals surface area (Å²) in [6.07, 6.45) is -5.82. The molecule has 1 N–H and O–H groups in total. The van der Waals surface area contributed by atoms with E-state index in [0.717, 1.165) is 0 Å². The largest absolute Gasteiger partial charge is 0.408 e. The average Bonchev–Trinajstić information content (AvgIpc) is 2.67. The van der Waals surface area contributed by atoms with Crippen molar-refractivity contribution in [3.05, 3.63) is 46.5 Å². The van der Waals surface area contributed by atoms with Crippen LogP contribution in [0.3, 0.4) is 0 Å². The maximum Gasteiger partial charge on any atom is 0.408 e. The summed E-state index contributed by atoms with van der Waals surface area (Å²) in [5.41, 5.74) is 0.282. The predicted octanol–water partition coefficient (Wildman–Crippen LogP) is 2.88. The predicted molar refractivity (Wildman–Crippen MR) is 66.3 cm³/mol.